The molecule has 1 fully saturated rings. The third-order valence-corrected chi connectivity index (χ3v) is 5.26. The lowest BCUT2D eigenvalue weighted by Crippen LogP contribution is -2.33. The molecule has 3 rings (SSSR count). The first-order valence-corrected chi connectivity index (χ1v) is 8.79. The zero-order valence-electron chi connectivity index (χ0n) is 15.7. The van der Waals surface area contributed by atoms with Crippen LogP contribution in [0.1, 0.15) is 42.7 Å². The maximum atomic E-state index is 13.8. The van der Waals surface area contributed by atoms with Crippen molar-refractivity contribution in [3.63, 3.8) is 0 Å². The summed E-state index contributed by atoms with van der Waals surface area (Å²) in [5, 5.41) is 2.68. The van der Waals surface area contributed by atoms with E-state index in [2.05, 4.69) is 10.3 Å². The van der Waals surface area contributed by atoms with Gasteiger partial charge in [-0.25, -0.2) is 8.78 Å². The zero-order valence-corrected chi connectivity index (χ0v) is 15.7. The van der Waals surface area contributed by atoms with E-state index in [4.69, 9.17) is 10.5 Å². The van der Waals surface area contributed by atoms with E-state index in [9.17, 15) is 18.4 Å². The molecule has 1 aromatic carbocycles. The van der Waals surface area contributed by atoms with Gasteiger partial charge in [-0.05, 0) is 49.6 Å². The summed E-state index contributed by atoms with van der Waals surface area (Å²) < 4.78 is 33.1. The normalized spacial score (nSPS) is 23.4. The van der Waals surface area contributed by atoms with E-state index in [-0.39, 0.29) is 11.6 Å². The third kappa shape index (κ3) is 3.73. The number of pyridine rings is 1. The Hall–Kier alpha value is -2.87. The topological polar surface area (TPSA) is 94.3 Å². The Morgan fingerprint density at radius 3 is 2.54 bits per heavy atom. The lowest BCUT2D eigenvalue weighted by Gasteiger charge is -2.24. The van der Waals surface area contributed by atoms with Gasteiger partial charge in [-0.15, -0.1) is 0 Å². The molecule has 2 amide bonds. The molecule has 2 heterocycles. The molecule has 1 aliphatic rings. The average Bonchev–Trinajstić information content (AvgIpc) is 2.87. The van der Waals surface area contributed by atoms with Gasteiger partial charge in [0.15, 0.2) is 11.6 Å². The quantitative estimate of drug-likeness (QED) is 0.841. The number of hydrogen-bond donors (Lipinski definition) is 2. The van der Waals surface area contributed by atoms with Crippen molar-refractivity contribution < 1.29 is 23.1 Å². The van der Waals surface area contributed by atoms with Crippen molar-refractivity contribution in [2.75, 3.05) is 5.32 Å². The van der Waals surface area contributed by atoms with Gasteiger partial charge in [-0.2, -0.15) is 0 Å². The van der Waals surface area contributed by atoms with Gasteiger partial charge in [0.2, 0.25) is 0 Å². The fourth-order valence-corrected chi connectivity index (χ4v) is 3.46. The van der Waals surface area contributed by atoms with Gasteiger partial charge >= 0.3 is 0 Å². The zero-order chi connectivity index (χ0) is 20.6. The number of anilines is 1. The van der Waals surface area contributed by atoms with E-state index in [1.807, 2.05) is 20.8 Å². The summed E-state index contributed by atoms with van der Waals surface area (Å²) in [6, 6.07) is 6.47. The molecule has 3 N–H and O–H groups in total. The summed E-state index contributed by atoms with van der Waals surface area (Å²) in [4.78, 5) is 28.0. The van der Waals surface area contributed by atoms with Gasteiger partial charge in [0.25, 0.3) is 11.8 Å². The lowest BCUT2D eigenvalue weighted by atomic mass is 9.78. The van der Waals surface area contributed by atoms with Crippen LogP contribution in [0.25, 0.3) is 0 Å². The van der Waals surface area contributed by atoms with Crippen molar-refractivity contribution in [2.45, 2.75) is 38.4 Å². The number of nitrogens with two attached hydrogens (primary N) is 1. The SMILES string of the molecule is C[C@@H]1[C@H](c2ccc(F)c(F)c2)[C@@H](C(=O)Nc2ccnc(C(N)=O)c2)OC1(C)C. The Morgan fingerprint density at radius 1 is 1.18 bits per heavy atom. The van der Waals surface area contributed by atoms with E-state index in [0.29, 0.717) is 11.3 Å². The molecular formula is C20H21F2N3O3. The van der Waals surface area contributed by atoms with Gasteiger partial charge in [-0.1, -0.05) is 13.0 Å². The fourth-order valence-electron chi connectivity index (χ4n) is 3.46. The van der Waals surface area contributed by atoms with E-state index in [0.717, 1.165) is 12.1 Å². The molecule has 6 nitrogen and oxygen atoms in total. The van der Waals surface area contributed by atoms with Crippen LogP contribution in [0.15, 0.2) is 36.5 Å². The van der Waals surface area contributed by atoms with Crippen LogP contribution in [0, 0.1) is 17.6 Å². The van der Waals surface area contributed by atoms with Crippen molar-refractivity contribution in [3.05, 3.63) is 59.4 Å². The maximum Gasteiger partial charge on any atom is 0.267 e. The molecule has 1 saturated heterocycles. The molecule has 0 spiro atoms. The van der Waals surface area contributed by atoms with E-state index in [1.54, 1.807) is 0 Å². The smallest absolute Gasteiger partial charge is 0.267 e. The highest BCUT2D eigenvalue weighted by Gasteiger charge is 2.50. The molecule has 3 atom stereocenters. The number of ether oxygens (including phenoxy) is 1. The Morgan fingerprint density at radius 2 is 1.89 bits per heavy atom. The minimum absolute atomic E-state index is 0.0102. The highest BCUT2D eigenvalue weighted by atomic mass is 19.2. The molecule has 0 radical (unpaired) electrons. The Bertz CT molecular complexity index is 933. The second-order valence-electron chi connectivity index (χ2n) is 7.41. The molecule has 0 aliphatic carbocycles. The molecule has 0 bridgehead atoms. The summed E-state index contributed by atoms with van der Waals surface area (Å²) in [6.07, 6.45) is 0.421. The van der Waals surface area contributed by atoms with Crippen LogP contribution < -0.4 is 11.1 Å². The van der Waals surface area contributed by atoms with Gasteiger partial charge < -0.3 is 15.8 Å². The van der Waals surface area contributed by atoms with Crippen molar-refractivity contribution in [2.24, 2.45) is 11.7 Å². The first-order valence-electron chi connectivity index (χ1n) is 8.79. The Balaban J connectivity index is 1.91. The predicted octanol–water partition coefficient (Wildman–Crippen LogP) is 2.99. The summed E-state index contributed by atoms with van der Waals surface area (Å²) in [5.74, 6) is -3.74. The number of amides is 2. The van der Waals surface area contributed by atoms with Gasteiger partial charge in [0, 0.05) is 17.8 Å². The number of hydrogen-bond acceptors (Lipinski definition) is 4. The van der Waals surface area contributed by atoms with Crippen LogP contribution in [-0.4, -0.2) is 28.5 Å². The van der Waals surface area contributed by atoms with E-state index in [1.165, 1.54) is 24.4 Å². The molecule has 1 aromatic heterocycles. The lowest BCUT2D eigenvalue weighted by molar-refractivity contribution is -0.131. The largest absolute Gasteiger partial charge is 0.364 e. The highest BCUT2D eigenvalue weighted by molar-refractivity contribution is 5.97. The Labute approximate surface area is 161 Å². The number of benzene rings is 1. The van der Waals surface area contributed by atoms with Gasteiger partial charge in [0.05, 0.1) is 5.60 Å². The number of primary amides is 1. The molecule has 2 aromatic rings. The number of nitrogens with zero attached hydrogens (tertiary/aromatic N) is 1. The molecule has 0 unspecified atom stereocenters. The minimum atomic E-state index is -0.978. The summed E-state index contributed by atoms with van der Waals surface area (Å²) in [7, 11) is 0. The highest BCUT2D eigenvalue weighted by Crippen LogP contribution is 2.46. The third-order valence-electron chi connectivity index (χ3n) is 5.26. The monoisotopic (exact) mass is 389 g/mol. The standard InChI is InChI=1S/C20H21F2N3O3/c1-10-16(11-4-5-13(21)14(22)8-11)17(28-20(10,2)3)19(27)25-12-6-7-24-15(9-12)18(23)26/h4-10,16-17H,1-3H3,(H2,23,26)(H,24,25,27)/t10-,16-,17+/m1/s1. The minimum Gasteiger partial charge on any atom is -0.364 e. The number of halogens is 2. The van der Waals surface area contributed by atoms with Crippen LogP contribution in [0.3, 0.4) is 0 Å². The first-order chi connectivity index (χ1) is 13.1. The number of rotatable bonds is 4. The summed E-state index contributed by atoms with van der Waals surface area (Å²) in [5.41, 5.74) is 5.37. The average molecular weight is 389 g/mol. The molecule has 1 aliphatic heterocycles. The maximum absolute atomic E-state index is 13.8. The van der Waals surface area contributed by atoms with Gasteiger partial charge in [-0.3, -0.25) is 14.6 Å². The van der Waals surface area contributed by atoms with Crippen LogP contribution in [0.5, 0.6) is 0 Å². The second-order valence-corrected chi connectivity index (χ2v) is 7.41. The molecule has 28 heavy (non-hydrogen) atoms. The molecule has 8 heteroatoms. The van der Waals surface area contributed by atoms with Crippen LogP contribution in [-0.2, 0) is 9.53 Å². The van der Waals surface area contributed by atoms with E-state index < -0.39 is 41.1 Å². The van der Waals surface area contributed by atoms with Crippen molar-refractivity contribution in [1.82, 2.24) is 4.98 Å². The number of aromatic nitrogens is 1. The summed E-state index contributed by atoms with van der Waals surface area (Å²) >= 11 is 0. The number of nitrogens with one attached hydrogen (secondary N) is 1. The van der Waals surface area contributed by atoms with Crippen molar-refractivity contribution in [3.8, 4) is 0 Å². The molecular weight excluding hydrogens is 368 g/mol. The van der Waals surface area contributed by atoms with Gasteiger partial charge in [0.1, 0.15) is 11.8 Å². The van der Waals surface area contributed by atoms with Crippen molar-refractivity contribution in [1.29, 1.82) is 0 Å². The predicted molar refractivity (Wildman–Crippen MR) is 98.6 cm³/mol. The fraction of sp³-hybridized carbons (Fsp3) is 0.350. The van der Waals surface area contributed by atoms with Crippen molar-refractivity contribution >= 4 is 17.5 Å². The molecule has 0 saturated carbocycles. The number of carbonyl (C=O) groups excluding carboxylic acids is 2. The number of carbonyl (C=O) groups is 2. The van der Waals surface area contributed by atoms with Crippen LogP contribution >= 0.6 is 0 Å². The van der Waals surface area contributed by atoms with Crippen LogP contribution in [0.2, 0.25) is 0 Å². The second kappa shape index (κ2) is 7.27. The van der Waals surface area contributed by atoms with Crippen LogP contribution in [0.4, 0.5) is 14.5 Å². The Kier molecular flexibility index (Phi) is 5.16. The summed E-state index contributed by atoms with van der Waals surface area (Å²) in [6.45, 7) is 5.59. The molecule has 148 valence electrons. The van der Waals surface area contributed by atoms with E-state index >= 15 is 0 Å². The first kappa shape index (κ1) is 19.9.